The molecule has 0 nitrogen and oxygen atoms in total. The molecule has 0 amide bonds. The quantitative estimate of drug-likeness (QED) is 0.0536. The van der Waals surface area contributed by atoms with Crippen molar-refractivity contribution in [1.82, 2.24) is 0 Å². The monoisotopic (exact) mass is 596 g/mol. The Balaban J connectivity index is 4.90. The van der Waals surface area contributed by atoms with Crippen LogP contribution < -0.4 is 0 Å². The van der Waals surface area contributed by atoms with Crippen LogP contribution in [0.4, 0.5) is 0 Å². The van der Waals surface area contributed by atoms with Crippen molar-refractivity contribution in [3.05, 3.63) is 0 Å². The Kier molecular flexibility index (Phi) is 29.5. The lowest BCUT2D eigenvalue weighted by Gasteiger charge is -2.28. The summed E-state index contributed by atoms with van der Waals surface area (Å²) < 4.78 is 0. The highest BCUT2D eigenvalue weighted by Gasteiger charge is 2.35. The van der Waals surface area contributed by atoms with Gasteiger partial charge in [0, 0.05) is 7.26 Å². The number of rotatable bonds is 32. The highest BCUT2D eigenvalue weighted by molar-refractivity contribution is 7.75. The first-order chi connectivity index (χ1) is 19.7. The van der Waals surface area contributed by atoms with Crippen molar-refractivity contribution in [3.63, 3.8) is 0 Å². The molecule has 0 bridgehead atoms. The Morgan fingerprint density at radius 2 is 0.415 bits per heavy atom. The van der Waals surface area contributed by atoms with E-state index in [1.165, 1.54) is 128 Å². The summed E-state index contributed by atoms with van der Waals surface area (Å²) in [6.45, 7) is 19.1. The van der Waals surface area contributed by atoms with Gasteiger partial charge in [0.15, 0.2) is 0 Å². The predicted molar refractivity (Wildman–Crippen MR) is 197 cm³/mol. The van der Waals surface area contributed by atoms with Crippen molar-refractivity contribution >= 4 is 7.26 Å². The molecule has 0 aliphatic carbocycles. The van der Waals surface area contributed by atoms with Crippen LogP contribution in [0.3, 0.4) is 0 Å². The minimum absolute atomic E-state index is 0.781. The van der Waals surface area contributed by atoms with Crippen molar-refractivity contribution in [2.75, 3.05) is 24.6 Å². The van der Waals surface area contributed by atoms with E-state index in [4.69, 9.17) is 0 Å². The molecule has 41 heavy (non-hydrogen) atoms. The van der Waals surface area contributed by atoms with Crippen LogP contribution in [0.5, 0.6) is 0 Å². The van der Waals surface area contributed by atoms with Gasteiger partial charge in [0.2, 0.25) is 0 Å². The van der Waals surface area contributed by atoms with Gasteiger partial charge in [-0.1, -0.05) is 158 Å². The fourth-order valence-electron chi connectivity index (χ4n) is 6.79. The molecule has 0 aromatic heterocycles. The first-order valence-electron chi connectivity index (χ1n) is 19.5. The van der Waals surface area contributed by atoms with Gasteiger partial charge < -0.3 is 0 Å². The third-order valence-corrected chi connectivity index (χ3v) is 14.7. The van der Waals surface area contributed by atoms with Crippen LogP contribution in [0.1, 0.15) is 209 Å². The third-order valence-electron chi connectivity index (χ3n) is 9.66. The Hall–Kier alpha value is 0.430. The standard InChI is InChI=1S/C40H84P/c1-37(2)29-21-13-9-17-25-33-41(34-26-18-10-14-22-30-38(3)4,35-27-19-11-15-23-31-39(5)6)36-28-20-12-16-24-32-40(7)8/h37-40H,9-36H2,1-8H3/q+1. The van der Waals surface area contributed by atoms with E-state index in [-0.39, 0.29) is 0 Å². The third kappa shape index (κ3) is 30.2. The molecule has 0 fully saturated rings. The van der Waals surface area contributed by atoms with E-state index < -0.39 is 7.26 Å². The van der Waals surface area contributed by atoms with Crippen LogP contribution in [-0.2, 0) is 0 Å². The summed E-state index contributed by atoms with van der Waals surface area (Å²) in [6, 6.07) is 0. The second-order valence-electron chi connectivity index (χ2n) is 16.0. The molecular formula is C40H84P+. The van der Waals surface area contributed by atoms with Gasteiger partial charge in [0.05, 0.1) is 24.6 Å². The maximum Gasteiger partial charge on any atom is 0.0594 e. The summed E-state index contributed by atoms with van der Waals surface area (Å²) in [7, 11) is -0.781. The van der Waals surface area contributed by atoms with E-state index in [1.807, 2.05) is 0 Å². The number of hydrogen-bond acceptors (Lipinski definition) is 0. The molecule has 0 aromatic carbocycles. The molecule has 248 valence electrons. The van der Waals surface area contributed by atoms with Crippen molar-refractivity contribution in [3.8, 4) is 0 Å². The van der Waals surface area contributed by atoms with E-state index >= 15 is 0 Å². The minimum Gasteiger partial charge on any atom is -0.0628 e. The molecule has 0 spiro atoms. The lowest BCUT2D eigenvalue weighted by molar-refractivity contribution is 0.516. The van der Waals surface area contributed by atoms with Gasteiger partial charge in [-0.3, -0.25) is 0 Å². The number of unbranched alkanes of at least 4 members (excludes halogenated alkanes) is 16. The van der Waals surface area contributed by atoms with E-state index in [1.54, 1.807) is 50.3 Å². The molecule has 0 N–H and O–H groups in total. The molecule has 0 aliphatic rings. The van der Waals surface area contributed by atoms with E-state index in [0.717, 1.165) is 23.7 Å². The van der Waals surface area contributed by atoms with Crippen LogP contribution in [0.2, 0.25) is 0 Å². The first-order valence-corrected chi connectivity index (χ1v) is 22.0. The second kappa shape index (κ2) is 29.2. The van der Waals surface area contributed by atoms with Crippen LogP contribution in [-0.4, -0.2) is 24.6 Å². The zero-order valence-corrected chi connectivity index (χ0v) is 31.5. The molecule has 0 radical (unpaired) electrons. The van der Waals surface area contributed by atoms with Gasteiger partial charge in [0.25, 0.3) is 0 Å². The molecule has 1 heteroatoms. The van der Waals surface area contributed by atoms with E-state index in [2.05, 4.69) is 55.4 Å². The van der Waals surface area contributed by atoms with Crippen molar-refractivity contribution in [1.29, 1.82) is 0 Å². The molecule has 0 heterocycles. The average molecular weight is 596 g/mol. The van der Waals surface area contributed by atoms with Crippen molar-refractivity contribution < 1.29 is 0 Å². The highest BCUT2D eigenvalue weighted by atomic mass is 31.2. The maximum absolute atomic E-state index is 2.39. The summed E-state index contributed by atoms with van der Waals surface area (Å²) in [6.07, 6.45) is 42.3. The second-order valence-corrected chi connectivity index (χ2v) is 20.5. The largest absolute Gasteiger partial charge is 0.0628 e. The van der Waals surface area contributed by atoms with Gasteiger partial charge in [-0.25, -0.2) is 0 Å². The summed E-state index contributed by atoms with van der Waals surface area (Å²) in [5.41, 5.74) is 0. The molecule has 0 saturated carbocycles. The molecular weight excluding hydrogens is 511 g/mol. The highest BCUT2D eigenvalue weighted by Crippen LogP contribution is 2.61. The van der Waals surface area contributed by atoms with Crippen LogP contribution in [0.25, 0.3) is 0 Å². The van der Waals surface area contributed by atoms with Crippen LogP contribution in [0, 0.1) is 23.7 Å². The molecule has 0 rings (SSSR count). The Morgan fingerprint density at radius 1 is 0.244 bits per heavy atom. The van der Waals surface area contributed by atoms with E-state index in [0.29, 0.717) is 0 Å². The average Bonchev–Trinajstić information content (AvgIpc) is 2.90. The molecule has 0 aliphatic heterocycles. The Morgan fingerprint density at radius 3 is 0.610 bits per heavy atom. The molecule has 0 atom stereocenters. The van der Waals surface area contributed by atoms with Crippen LogP contribution in [0.15, 0.2) is 0 Å². The molecule has 0 saturated heterocycles. The van der Waals surface area contributed by atoms with Gasteiger partial charge in [0.1, 0.15) is 0 Å². The zero-order chi connectivity index (χ0) is 30.6. The smallest absolute Gasteiger partial charge is 0.0594 e. The SMILES string of the molecule is CC(C)CCCCCCC[P+](CCCCCCCC(C)C)(CCCCCCCC(C)C)CCCCCCCC(C)C. The fourth-order valence-corrected chi connectivity index (χ4v) is 11.7. The van der Waals surface area contributed by atoms with Crippen LogP contribution >= 0.6 is 7.26 Å². The van der Waals surface area contributed by atoms with Gasteiger partial charge >= 0.3 is 0 Å². The maximum atomic E-state index is 2.39. The first kappa shape index (κ1) is 41.4. The van der Waals surface area contributed by atoms with Crippen molar-refractivity contribution in [2.45, 2.75) is 209 Å². The van der Waals surface area contributed by atoms with Gasteiger partial charge in [-0.05, 0) is 75.0 Å². The summed E-state index contributed by atoms with van der Waals surface area (Å²) in [4.78, 5) is 0. The van der Waals surface area contributed by atoms with Crippen molar-refractivity contribution in [2.24, 2.45) is 23.7 Å². The number of hydrogen-bond donors (Lipinski definition) is 0. The van der Waals surface area contributed by atoms with Gasteiger partial charge in [-0.2, -0.15) is 0 Å². The molecule has 0 unspecified atom stereocenters. The minimum atomic E-state index is -0.781. The lowest BCUT2D eigenvalue weighted by Crippen LogP contribution is -2.13. The predicted octanol–water partition coefficient (Wildman–Crippen LogP) is 15.0. The topological polar surface area (TPSA) is 0 Å². The summed E-state index contributed by atoms with van der Waals surface area (Å²) >= 11 is 0. The van der Waals surface area contributed by atoms with Gasteiger partial charge in [-0.15, -0.1) is 0 Å². The van der Waals surface area contributed by atoms with E-state index in [9.17, 15) is 0 Å². The summed E-state index contributed by atoms with van der Waals surface area (Å²) in [5, 5.41) is 0. The Bertz CT molecular complexity index is 411. The lowest BCUT2D eigenvalue weighted by atomic mass is 10.0. The normalized spacial score (nSPS) is 12.6. The zero-order valence-electron chi connectivity index (χ0n) is 30.6. The molecule has 0 aromatic rings. The fraction of sp³-hybridized carbons (Fsp3) is 1.00. The summed E-state index contributed by atoms with van der Waals surface area (Å²) in [5.74, 6) is 3.54. The Labute approximate surface area is 264 Å².